The number of hydrogen-bond acceptors (Lipinski definition) is 3. The Morgan fingerprint density at radius 2 is 1.82 bits per heavy atom. The van der Waals surface area contributed by atoms with E-state index in [1.165, 1.54) is 11.1 Å². The standard InChI is InChI=1S/C13H14IN3/c1-9-5-3-4-6-12(9)10(2)17-13-15-7-11(14)8-16-13/h3-8,10H,1-2H3,(H,15,16,17). The third-order valence-electron chi connectivity index (χ3n) is 2.62. The number of rotatable bonds is 3. The van der Waals surface area contributed by atoms with Gasteiger partial charge in [0.25, 0.3) is 0 Å². The molecule has 2 rings (SSSR count). The first-order chi connectivity index (χ1) is 8.16. The predicted molar refractivity (Wildman–Crippen MR) is 78.0 cm³/mol. The van der Waals surface area contributed by atoms with E-state index in [0.717, 1.165) is 3.57 Å². The van der Waals surface area contributed by atoms with Crippen molar-refractivity contribution in [2.45, 2.75) is 19.9 Å². The maximum atomic E-state index is 4.24. The van der Waals surface area contributed by atoms with E-state index in [4.69, 9.17) is 0 Å². The number of anilines is 1. The number of halogens is 1. The van der Waals surface area contributed by atoms with Crippen LogP contribution in [0.1, 0.15) is 24.1 Å². The second-order valence-electron chi connectivity index (χ2n) is 3.95. The molecule has 0 aliphatic rings. The SMILES string of the molecule is Cc1ccccc1C(C)Nc1ncc(I)cn1. The predicted octanol–water partition coefficient (Wildman–Crippen LogP) is 3.56. The minimum atomic E-state index is 0.205. The number of benzene rings is 1. The summed E-state index contributed by atoms with van der Waals surface area (Å²) >= 11 is 2.19. The van der Waals surface area contributed by atoms with Gasteiger partial charge in [0.2, 0.25) is 5.95 Å². The first-order valence-electron chi connectivity index (χ1n) is 5.46. The van der Waals surface area contributed by atoms with Crippen molar-refractivity contribution in [3.8, 4) is 0 Å². The number of aromatic nitrogens is 2. The van der Waals surface area contributed by atoms with Crippen LogP contribution in [0.15, 0.2) is 36.7 Å². The van der Waals surface area contributed by atoms with Gasteiger partial charge in [0.05, 0.1) is 6.04 Å². The lowest BCUT2D eigenvalue weighted by Gasteiger charge is -2.16. The van der Waals surface area contributed by atoms with Crippen LogP contribution in [0, 0.1) is 10.5 Å². The van der Waals surface area contributed by atoms with E-state index in [1.807, 2.05) is 6.07 Å². The average molecular weight is 339 g/mol. The highest BCUT2D eigenvalue weighted by molar-refractivity contribution is 14.1. The van der Waals surface area contributed by atoms with Crippen LogP contribution in [0.4, 0.5) is 5.95 Å². The van der Waals surface area contributed by atoms with Crippen molar-refractivity contribution in [2.24, 2.45) is 0 Å². The molecule has 1 heterocycles. The van der Waals surface area contributed by atoms with Crippen LogP contribution in [0.5, 0.6) is 0 Å². The van der Waals surface area contributed by atoms with Gasteiger partial charge in [0.15, 0.2) is 0 Å². The van der Waals surface area contributed by atoms with Gasteiger partial charge in [0, 0.05) is 16.0 Å². The number of aryl methyl sites for hydroxylation is 1. The summed E-state index contributed by atoms with van der Waals surface area (Å²) in [5.41, 5.74) is 2.55. The normalized spacial score (nSPS) is 12.2. The highest BCUT2D eigenvalue weighted by Crippen LogP contribution is 2.19. The van der Waals surface area contributed by atoms with Crippen molar-refractivity contribution in [3.63, 3.8) is 0 Å². The van der Waals surface area contributed by atoms with E-state index in [1.54, 1.807) is 12.4 Å². The molecule has 1 unspecified atom stereocenters. The summed E-state index contributed by atoms with van der Waals surface area (Å²) in [5, 5.41) is 3.30. The highest BCUT2D eigenvalue weighted by atomic mass is 127. The molecule has 17 heavy (non-hydrogen) atoms. The summed E-state index contributed by atoms with van der Waals surface area (Å²) in [6.45, 7) is 4.23. The van der Waals surface area contributed by atoms with Gasteiger partial charge in [-0.3, -0.25) is 0 Å². The quantitative estimate of drug-likeness (QED) is 0.869. The molecule has 1 N–H and O–H groups in total. The third kappa shape index (κ3) is 3.15. The fourth-order valence-corrected chi connectivity index (χ4v) is 2.01. The van der Waals surface area contributed by atoms with Gasteiger partial charge < -0.3 is 5.32 Å². The van der Waals surface area contributed by atoms with Gasteiger partial charge in [-0.25, -0.2) is 9.97 Å². The molecule has 0 saturated heterocycles. The second kappa shape index (κ2) is 5.44. The van der Waals surface area contributed by atoms with Gasteiger partial charge in [-0.15, -0.1) is 0 Å². The smallest absolute Gasteiger partial charge is 0.223 e. The number of nitrogens with one attached hydrogen (secondary N) is 1. The topological polar surface area (TPSA) is 37.8 Å². The Bertz CT molecular complexity index is 496. The summed E-state index contributed by atoms with van der Waals surface area (Å²) in [7, 11) is 0. The van der Waals surface area contributed by atoms with Gasteiger partial charge in [-0.2, -0.15) is 0 Å². The molecule has 0 bridgehead atoms. The first-order valence-corrected chi connectivity index (χ1v) is 6.54. The highest BCUT2D eigenvalue weighted by Gasteiger charge is 2.08. The van der Waals surface area contributed by atoms with E-state index >= 15 is 0 Å². The lowest BCUT2D eigenvalue weighted by molar-refractivity contribution is 0.851. The first kappa shape index (κ1) is 12.3. The summed E-state index contributed by atoms with van der Waals surface area (Å²) in [5.74, 6) is 0.668. The zero-order valence-electron chi connectivity index (χ0n) is 9.81. The van der Waals surface area contributed by atoms with Crippen LogP contribution < -0.4 is 5.32 Å². The van der Waals surface area contributed by atoms with Gasteiger partial charge in [-0.1, -0.05) is 24.3 Å². The van der Waals surface area contributed by atoms with Crippen molar-refractivity contribution < 1.29 is 0 Å². The molecule has 2 aromatic rings. The molecule has 3 nitrogen and oxygen atoms in total. The molecule has 0 aliphatic carbocycles. The largest absolute Gasteiger partial charge is 0.348 e. The van der Waals surface area contributed by atoms with Crippen LogP contribution in [-0.4, -0.2) is 9.97 Å². The third-order valence-corrected chi connectivity index (χ3v) is 3.18. The lowest BCUT2D eigenvalue weighted by Crippen LogP contribution is -2.10. The van der Waals surface area contributed by atoms with Crippen LogP contribution in [0.2, 0.25) is 0 Å². The van der Waals surface area contributed by atoms with Gasteiger partial charge >= 0.3 is 0 Å². The molecule has 0 spiro atoms. The van der Waals surface area contributed by atoms with Crippen molar-refractivity contribution >= 4 is 28.5 Å². The zero-order valence-corrected chi connectivity index (χ0v) is 12.0. The Hall–Kier alpha value is -1.17. The fourth-order valence-electron chi connectivity index (χ4n) is 1.73. The molecule has 0 saturated carbocycles. The monoisotopic (exact) mass is 339 g/mol. The van der Waals surface area contributed by atoms with E-state index in [0.29, 0.717) is 5.95 Å². The molecule has 4 heteroatoms. The van der Waals surface area contributed by atoms with Crippen molar-refractivity contribution in [1.29, 1.82) is 0 Å². The number of hydrogen-bond donors (Lipinski definition) is 1. The minimum absolute atomic E-state index is 0.205. The fraction of sp³-hybridized carbons (Fsp3) is 0.231. The zero-order chi connectivity index (χ0) is 12.3. The molecule has 0 amide bonds. The average Bonchev–Trinajstić information content (AvgIpc) is 2.32. The molecule has 1 aromatic carbocycles. The van der Waals surface area contributed by atoms with Crippen LogP contribution >= 0.6 is 22.6 Å². The Morgan fingerprint density at radius 1 is 1.18 bits per heavy atom. The second-order valence-corrected chi connectivity index (χ2v) is 5.19. The van der Waals surface area contributed by atoms with Gasteiger partial charge in [-0.05, 0) is 47.6 Å². The number of nitrogens with zero attached hydrogens (tertiary/aromatic N) is 2. The van der Waals surface area contributed by atoms with Crippen LogP contribution in [0.25, 0.3) is 0 Å². The molecule has 1 aromatic heterocycles. The Kier molecular flexibility index (Phi) is 3.93. The van der Waals surface area contributed by atoms with E-state index < -0.39 is 0 Å². The van der Waals surface area contributed by atoms with Gasteiger partial charge in [0.1, 0.15) is 0 Å². The Morgan fingerprint density at radius 3 is 2.47 bits per heavy atom. The molecule has 0 aliphatic heterocycles. The van der Waals surface area contributed by atoms with Crippen molar-refractivity contribution in [3.05, 3.63) is 51.4 Å². The minimum Gasteiger partial charge on any atom is -0.348 e. The van der Waals surface area contributed by atoms with Crippen LogP contribution in [0.3, 0.4) is 0 Å². The molecular formula is C13H14IN3. The summed E-state index contributed by atoms with van der Waals surface area (Å²) in [4.78, 5) is 8.49. The van der Waals surface area contributed by atoms with Crippen molar-refractivity contribution in [2.75, 3.05) is 5.32 Å². The molecular weight excluding hydrogens is 325 g/mol. The lowest BCUT2D eigenvalue weighted by atomic mass is 10.0. The van der Waals surface area contributed by atoms with Crippen molar-refractivity contribution in [1.82, 2.24) is 9.97 Å². The van der Waals surface area contributed by atoms with Crippen LogP contribution in [-0.2, 0) is 0 Å². The maximum Gasteiger partial charge on any atom is 0.223 e. The maximum absolute atomic E-state index is 4.24. The molecule has 1 atom stereocenters. The molecule has 0 fully saturated rings. The molecule has 88 valence electrons. The van der Waals surface area contributed by atoms with E-state index in [2.05, 4.69) is 69.9 Å². The Balaban J connectivity index is 2.14. The van der Waals surface area contributed by atoms with E-state index in [9.17, 15) is 0 Å². The Labute approximate surface area is 115 Å². The summed E-state index contributed by atoms with van der Waals surface area (Å²) in [6, 6.07) is 8.54. The summed E-state index contributed by atoms with van der Waals surface area (Å²) in [6.07, 6.45) is 3.61. The molecule has 0 radical (unpaired) electrons. The van der Waals surface area contributed by atoms with E-state index in [-0.39, 0.29) is 6.04 Å². The summed E-state index contributed by atoms with van der Waals surface area (Å²) < 4.78 is 1.04.